The number of benzene rings is 1. The quantitative estimate of drug-likeness (QED) is 0.737. The molecule has 19 heavy (non-hydrogen) atoms. The molecule has 0 aromatic heterocycles. The van der Waals surface area contributed by atoms with Gasteiger partial charge in [-0.15, -0.1) is 0 Å². The topological polar surface area (TPSA) is 76.8 Å². The Morgan fingerprint density at radius 1 is 1.26 bits per heavy atom. The summed E-state index contributed by atoms with van der Waals surface area (Å²) in [5, 5.41) is 2.82. The Morgan fingerprint density at radius 3 is 2.21 bits per heavy atom. The monoisotopic (exact) mass is 267 g/mol. The molecule has 0 aliphatic heterocycles. The minimum absolute atomic E-state index is 0.240. The van der Waals surface area contributed by atoms with Crippen molar-refractivity contribution in [3.63, 3.8) is 0 Å². The molecule has 1 aromatic carbocycles. The smallest absolute Gasteiger partial charge is 0.258 e. The van der Waals surface area contributed by atoms with E-state index in [1.807, 2.05) is 19.0 Å². The number of nitrogens with one attached hydrogen (secondary N) is 1. The van der Waals surface area contributed by atoms with E-state index in [2.05, 4.69) is 5.32 Å². The average molecular weight is 267 g/mol. The first-order valence-electron chi connectivity index (χ1n) is 5.94. The summed E-state index contributed by atoms with van der Waals surface area (Å²) in [6, 6.07) is 3.20. The first kappa shape index (κ1) is 15.1. The predicted octanol–water partition coefficient (Wildman–Crippen LogP) is 0.577. The van der Waals surface area contributed by atoms with Crippen LogP contribution < -0.4 is 20.5 Å². The van der Waals surface area contributed by atoms with Crippen LogP contribution in [0.2, 0.25) is 0 Å². The molecule has 0 aliphatic rings. The van der Waals surface area contributed by atoms with E-state index < -0.39 is 0 Å². The zero-order valence-corrected chi connectivity index (χ0v) is 11.8. The Balaban J connectivity index is 2.94. The lowest BCUT2D eigenvalue weighted by Gasteiger charge is -2.15. The van der Waals surface area contributed by atoms with Gasteiger partial charge in [-0.2, -0.15) is 0 Å². The van der Waals surface area contributed by atoms with Gasteiger partial charge in [-0.3, -0.25) is 4.79 Å². The Hall–Kier alpha value is -1.95. The van der Waals surface area contributed by atoms with E-state index >= 15 is 0 Å². The van der Waals surface area contributed by atoms with Gasteiger partial charge in [0.15, 0.2) is 0 Å². The van der Waals surface area contributed by atoms with E-state index in [4.69, 9.17) is 15.2 Å². The number of rotatable bonds is 6. The van der Waals surface area contributed by atoms with Crippen molar-refractivity contribution in [1.82, 2.24) is 10.2 Å². The summed E-state index contributed by atoms with van der Waals surface area (Å²) in [4.78, 5) is 14.2. The minimum atomic E-state index is -0.240. The first-order chi connectivity index (χ1) is 8.99. The summed E-state index contributed by atoms with van der Waals surface area (Å²) >= 11 is 0. The highest BCUT2D eigenvalue weighted by molar-refractivity contribution is 6.00. The molecule has 106 valence electrons. The van der Waals surface area contributed by atoms with Gasteiger partial charge in [0.2, 0.25) is 0 Å². The largest absolute Gasteiger partial charge is 0.496 e. The van der Waals surface area contributed by atoms with Gasteiger partial charge in [0, 0.05) is 30.9 Å². The Labute approximate surface area is 113 Å². The summed E-state index contributed by atoms with van der Waals surface area (Å²) in [5.74, 6) is 0.564. The number of nitrogen functional groups attached to an aromatic ring is 1. The fourth-order valence-electron chi connectivity index (χ4n) is 1.64. The van der Waals surface area contributed by atoms with E-state index in [9.17, 15) is 4.79 Å². The molecule has 3 N–H and O–H groups in total. The van der Waals surface area contributed by atoms with Crippen LogP contribution in [0.3, 0.4) is 0 Å². The second-order valence-corrected chi connectivity index (χ2v) is 4.36. The SMILES string of the molecule is COc1cc(N)cc(OC)c1C(=O)NCCN(C)C. The number of anilines is 1. The van der Waals surface area contributed by atoms with Crippen LogP contribution in [0.25, 0.3) is 0 Å². The van der Waals surface area contributed by atoms with E-state index in [1.54, 1.807) is 12.1 Å². The van der Waals surface area contributed by atoms with Gasteiger partial charge in [0.25, 0.3) is 5.91 Å². The predicted molar refractivity (Wildman–Crippen MR) is 74.8 cm³/mol. The molecule has 0 unspecified atom stereocenters. The van der Waals surface area contributed by atoms with Gasteiger partial charge in [0.05, 0.1) is 14.2 Å². The van der Waals surface area contributed by atoms with E-state index in [-0.39, 0.29) is 5.91 Å². The van der Waals surface area contributed by atoms with Crippen molar-refractivity contribution >= 4 is 11.6 Å². The van der Waals surface area contributed by atoms with Gasteiger partial charge in [-0.05, 0) is 14.1 Å². The Kier molecular flexibility index (Phi) is 5.44. The first-order valence-corrected chi connectivity index (χ1v) is 5.94. The number of nitrogens with two attached hydrogens (primary N) is 1. The summed E-state index contributed by atoms with van der Waals surface area (Å²) in [5.41, 5.74) is 6.57. The molecule has 0 heterocycles. The Morgan fingerprint density at radius 2 is 1.79 bits per heavy atom. The number of hydrogen-bond donors (Lipinski definition) is 2. The number of carbonyl (C=O) groups is 1. The number of ether oxygens (including phenoxy) is 2. The van der Waals surface area contributed by atoms with E-state index in [0.717, 1.165) is 6.54 Å². The zero-order chi connectivity index (χ0) is 14.4. The summed E-state index contributed by atoms with van der Waals surface area (Å²) < 4.78 is 10.4. The zero-order valence-electron chi connectivity index (χ0n) is 11.8. The third-order valence-corrected chi connectivity index (χ3v) is 2.60. The molecule has 0 atom stereocenters. The molecule has 0 spiro atoms. The van der Waals surface area contributed by atoms with Crippen LogP contribution in [0.1, 0.15) is 10.4 Å². The molecule has 0 radical (unpaired) electrons. The van der Waals surface area contributed by atoms with E-state index in [1.165, 1.54) is 14.2 Å². The fourth-order valence-corrected chi connectivity index (χ4v) is 1.64. The standard InChI is InChI=1S/C13H21N3O3/c1-16(2)6-5-15-13(17)12-10(18-3)7-9(14)8-11(12)19-4/h7-8H,5-6,14H2,1-4H3,(H,15,17). The summed E-state index contributed by atoms with van der Waals surface area (Å²) in [6.07, 6.45) is 0. The minimum Gasteiger partial charge on any atom is -0.496 e. The number of nitrogens with zero attached hydrogens (tertiary/aromatic N) is 1. The second kappa shape index (κ2) is 6.84. The number of amides is 1. The maximum Gasteiger partial charge on any atom is 0.258 e. The van der Waals surface area contributed by atoms with Crippen molar-refractivity contribution in [2.75, 3.05) is 47.1 Å². The van der Waals surface area contributed by atoms with Crippen molar-refractivity contribution in [2.45, 2.75) is 0 Å². The van der Waals surface area contributed by atoms with Gasteiger partial charge in [-0.25, -0.2) is 0 Å². The highest BCUT2D eigenvalue weighted by Gasteiger charge is 2.19. The maximum absolute atomic E-state index is 12.2. The van der Waals surface area contributed by atoms with Crippen molar-refractivity contribution in [3.05, 3.63) is 17.7 Å². The average Bonchev–Trinajstić information content (AvgIpc) is 2.36. The molecule has 0 aliphatic carbocycles. The molecule has 6 heteroatoms. The molecule has 0 fully saturated rings. The van der Waals surface area contributed by atoms with Crippen LogP contribution in [0.15, 0.2) is 12.1 Å². The number of methoxy groups -OCH3 is 2. The van der Waals surface area contributed by atoms with Crippen molar-refractivity contribution < 1.29 is 14.3 Å². The number of likely N-dealkylation sites (N-methyl/N-ethyl adjacent to an activating group) is 1. The number of carbonyl (C=O) groups excluding carboxylic acids is 1. The molecular weight excluding hydrogens is 246 g/mol. The molecule has 1 rings (SSSR count). The van der Waals surface area contributed by atoms with Crippen LogP contribution in [0, 0.1) is 0 Å². The van der Waals surface area contributed by atoms with Gasteiger partial charge in [0.1, 0.15) is 17.1 Å². The normalized spacial score (nSPS) is 10.4. The van der Waals surface area contributed by atoms with Crippen LogP contribution in [0.4, 0.5) is 5.69 Å². The third-order valence-electron chi connectivity index (χ3n) is 2.60. The second-order valence-electron chi connectivity index (χ2n) is 4.36. The van der Waals surface area contributed by atoms with Crippen LogP contribution in [0.5, 0.6) is 11.5 Å². The van der Waals surface area contributed by atoms with Gasteiger partial charge in [-0.1, -0.05) is 0 Å². The lowest BCUT2D eigenvalue weighted by Crippen LogP contribution is -2.31. The molecular formula is C13H21N3O3. The maximum atomic E-state index is 12.2. The lowest BCUT2D eigenvalue weighted by atomic mass is 10.1. The van der Waals surface area contributed by atoms with Crippen LogP contribution in [-0.4, -0.2) is 52.2 Å². The van der Waals surface area contributed by atoms with Gasteiger partial charge >= 0.3 is 0 Å². The Bertz CT molecular complexity index is 422. The molecule has 1 aromatic rings. The molecule has 0 saturated carbocycles. The van der Waals surface area contributed by atoms with Crippen molar-refractivity contribution in [2.24, 2.45) is 0 Å². The van der Waals surface area contributed by atoms with Crippen LogP contribution in [-0.2, 0) is 0 Å². The molecule has 6 nitrogen and oxygen atoms in total. The third kappa shape index (κ3) is 4.03. The molecule has 1 amide bonds. The van der Waals surface area contributed by atoms with Crippen molar-refractivity contribution in [3.8, 4) is 11.5 Å². The van der Waals surface area contributed by atoms with E-state index in [0.29, 0.717) is 29.3 Å². The lowest BCUT2D eigenvalue weighted by molar-refractivity contribution is 0.0945. The highest BCUT2D eigenvalue weighted by Crippen LogP contribution is 2.31. The fraction of sp³-hybridized carbons (Fsp3) is 0.462. The highest BCUT2D eigenvalue weighted by atomic mass is 16.5. The molecule has 0 saturated heterocycles. The summed E-state index contributed by atoms with van der Waals surface area (Å²) in [7, 11) is 6.86. The summed E-state index contributed by atoms with van der Waals surface area (Å²) in [6.45, 7) is 1.30. The molecule has 0 bridgehead atoms. The van der Waals surface area contributed by atoms with Crippen molar-refractivity contribution in [1.29, 1.82) is 0 Å². The number of hydrogen-bond acceptors (Lipinski definition) is 5. The van der Waals surface area contributed by atoms with Gasteiger partial charge < -0.3 is 25.4 Å². The van der Waals surface area contributed by atoms with Crippen LogP contribution >= 0.6 is 0 Å².